The Labute approximate surface area is 165 Å². The summed E-state index contributed by atoms with van der Waals surface area (Å²) in [7, 11) is 1.58. The molecule has 7 nitrogen and oxygen atoms in total. The first kappa shape index (κ1) is 20.4. The Hall–Kier alpha value is -3.30. The number of amides is 1. The van der Waals surface area contributed by atoms with Crippen molar-refractivity contribution in [2.24, 2.45) is 0 Å². The summed E-state index contributed by atoms with van der Waals surface area (Å²) < 4.78 is 46.4. The van der Waals surface area contributed by atoms with Crippen molar-refractivity contribution in [3.8, 4) is 5.75 Å². The van der Waals surface area contributed by atoms with E-state index in [-0.39, 0.29) is 5.69 Å². The summed E-state index contributed by atoms with van der Waals surface area (Å²) in [4.78, 5) is 12.5. The molecule has 1 N–H and O–H groups in total. The summed E-state index contributed by atoms with van der Waals surface area (Å²) in [6, 6.07) is 7.48. The minimum atomic E-state index is -4.56. The molecule has 0 aliphatic rings. The van der Waals surface area contributed by atoms with E-state index in [1.165, 1.54) is 20.0 Å². The minimum absolute atomic E-state index is 0.244. The van der Waals surface area contributed by atoms with Crippen molar-refractivity contribution in [2.75, 3.05) is 12.4 Å². The van der Waals surface area contributed by atoms with Gasteiger partial charge >= 0.3 is 6.18 Å². The fourth-order valence-corrected chi connectivity index (χ4v) is 2.85. The molecule has 1 amide bonds. The van der Waals surface area contributed by atoms with Crippen LogP contribution in [0.1, 0.15) is 29.9 Å². The predicted molar refractivity (Wildman–Crippen MR) is 99.6 cm³/mol. The highest BCUT2D eigenvalue weighted by Gasteiger charge is 2.35. The zero-order chi connectivity index (χ0) is 21.2. The van der Waals surface area contributed by atoms with Crippen molar-refractivity contribution in [1.82, 2.24) is 19.6 Å². The maximum atomic E-state index is 12.8. The van der Waals surface area contributed by atoms with E-state index in [9.17, 15) is 18.0 Å². The molecule has 0 spiro atoms. The van der Waals surface area contributed by atoms with Crippen LogP contribution in [-0.4, -0.2) is 32.6 Å². The van der Waals surface area contributed by atoms with Gasteiger partial charge in [0, 0.05) is 11.9 Å². The lowest BCUT2D eigenvalue weighted by Gasteiger charge is -2.13. The number of aromatic nitrogens is 4. The van der Waals surface area contributed by atoms with Gasteiger partial charge in [0.15, 0.2) is 5.69 Å². The highest BCUT2D eigenvalue weighted by atomic mass is 19.4. The van der Waals surface area contributed by atoms with E-state index in [2.05, 4.69) is 15.5 Å². The molecule has 0 fully saturated rings. The number of ether oxygens (including phenoxy) is 1. The van der Waals surface area contributed by atoms with Gasteiger partial charge in [0.05, 0.1) is 25.5 Å². The molecule has 1 aromatic carbocycles. The van der Waals surface area contributed by atoms with Crippen molar-refractivity contribution in [1.29, 1.82) is 0 Å². The monoisotopic (exact) mass is 407 g/mol. The van der Waals surface area contributed by atoms with Crippen molar-refractivity contribution >= 4 is 11.6 Å². The molecule has 0 bridgehead atoms. The first-order valence-electron chi connectivity index (χ1n) is 8.77. The van der Waals surface area contributed by atoms with Crippen LogP contribution in [0.4, 0.5) is 18.9 Å². The van der Waals surface area contributed by atoms with E-state index in [0.29, 0.717) is 12.2 Å². The number of halogens is 3. The summed E-state index contributed by atoms with van der Waals surface area (Å²) in [5.74, 6) is 0.232. The van der Waals surface area contributed by atoms with Crippen LogP contribution in [0.25, 0.3) is 0 Å². The molecular weight excluding hydrogens is 387 g/mol. The third-order valence-corrected chi connectivity index (χ3v) is 4.34. The van der Waals surface area contributed by atoms with Crippen molar-refractivity contribution < 1.29 is 22.7 Å². The number of nitrogens with zero attached hydrogens (tertiary/aromatic N) is 4. The Morgan fingerprint density at radius 3 is 2.72 bits per heavy atom. The van der Waals surface area contributed by atoms with Crippen LogP contribution < -0.4 is 10.1 Å². The molecule has 1 atom stereocenters. The third-order valence-electron chi connectivity index (χ3n) is 4.34. The number of alkyl halides is 3. The van der Waals surface area contributed by atoms with Crippen LogP contribution in [0.15, 0.2) is 42.7 Å². The van der Waals surface area contributed by atoms with Gasteiger partial charge in [-0.1, -0.05) is 12.1 Å². The molecule has 154 valence electrons. The normalized spacial score (nSPS) is 12.6. The number of carbonyl (C=O) groups excluding carboxylic acids is 1. The summed E-state index contributed by atoms with van der Waals surface area (Å²) in [6.07, 6.45) is -1.45. The van der Waals surface area contributed by atoms with Crippen LogP contribution in [0, 0.1) is 6.92 Å². The molecular formula is C19H20F3N5O2. The molecule has 2 heterocycles. The van der Waals surface area contributed by atoms with E-state index in [1.807, 2.05) is 24.3 Å². The Kier molecular flexibility index (Phi) is 5.62. The van der Waals surface area contributed by atoms with Gasteiger partial charge in [-0.05, 0) is 37.6 Å². The van der Waals surface area contributed by atoms with Gasteiger partial charge in [0.2, 0.25) is 5.91 Å². The fourth-order valence-electron chi connectivity index (χ4n) is 2.85. The number of benzene rings is 1. The maximum absolute atomic E-state index is 12.8. The average molecular weight is 407 g/mol. The fraction of sp³-hybridized carbons (Fsp3) is 0.316. The Morgan fingerprint density at radius 2 is 2.07 bits per heavy atom. The average Bonchev–Trinajstić information content (AvgIpc) is 3.27. The summed E-state index contributed by atoms with van der Waals surface area (Å²) in [5.41, 5.74) is 0.616. The zero-order valence-corrected chi connectivity index (χ0v) is 16.1. The number of rotatable bonds is 6. The lowest BCUT2D eigenvalue weighted by atomic mass is 10.2. The lowest BCUT2D eigenvalue weighted by Crippen LogP contribution is -2.25. The highest BCUT2D eigenvalue weighted by molar-refractivity contribution is 5.93. The second-order valence-electron chi connectivity index (χ2n) is 6.56. The number of nitrogens with one attached hydrogen (secondary N) is 1. The van der Waals surface area contributed by atoms with Crippen LogP contribution in [0.2, 0.25) is 0 Å². The number of carbonyl (C=O) groups is 1. The molecule has 0 aliphatic heterocycles. The number of hydrogen-bond donors (Lipinski definition) is 1. The number of aryl methyl sites for hydroxylation is 1. The van der Waals surface area contributed by atoms with Crippen LogP contribution in [0.3, 0.4) is 0 Å². The van der Waals surface area contributed by atoms with Crippen molar-refractivity contribution in [3.63, 3.8) is 0 Å². The molecule has 0 saturated heterocycles. The molecule has 29 heavy (non-hydrogen) atoms. The van der Waals surface area contributed by atoms with Gasteiger partial charge in [-0.2, -0.15) is 23.4 Å². The van der Waals surface area contributed by atoms with Gasteiger partial charge in [-0.15, -0.1) is 0 Å². The van der Waals surface area contributed by atoms with Crippen LogP contribution in [0.5, 0.6) is 5.75 Å². The first-order valence-corrected chi connectivity index (χ1v) is 8.77. The van der Waals surface area contributed by atoms with E-state index in [1.54, 1.807) is 18.0 Å². The van der Waals surface area contributed by atoms with Gasteiger partial charge < -0.3 is 10.1 Å². The molecule has 3 rings (SSSR count). The molecule has 1 unspecified atom stereocenters. The lowest BCUT2D eigenvalue weighted by molar-refractivity contribution is -0.141. The largest absolute Gasteiger partial charge is 0.497 e. The third kappa shape index (κ3) is 4.76. The highest BCUT2D eigenvalue weighted by Crippen LogP contribution is 2.29. The smallest absolute Gasteiger partial charge is 0.435 e. The summed E-state index contributed by atoms with van der Waals surface area (Å²) in [5, 5.41) is 10.4. The van der Waals surface area contributed by atoms with Crippen LogP contribution >= 0.6 is 0 Å². The van der Waals surface area contributed by atoms with Crippen molar-refractivity contribution in [3.05, 3.63) is 59.7 Å². The molecule has 0 aliphatic carbocycles. The number of methoxy groups -OCH3 is 1. The number of anilines is 1. The Bertz CT molecular complexity index is 1010. The second kappa shape index (κ2) is 7.98. The summed E-state index contributed by atoms with van der Waals surface area (Å²) >= 11 is 0. The van der Waals surface area contributed by atoms with Gasteiger partial charge in [-0.25, -0.2) is 0 Å². The molecule has 3 aromatic rings. The van der Waals surface area contributed by atoms with Crippen LogP contribution in [-0.2, 0) is 17.5 Å². The van der Waals surface area contributed by atoms with E-state index >= 15 is 0 Å². The molecule has 10 heteroatoms. The number of hydrogen-bond acceptors (Lipinski definition) is 4. The Balaban J connectivity index is 1.67. The van der Waals surface area contributed by atoms with Gasteiger partial charge in [-0.3, -0.25) is 14.2 Å². The molecule has 0 radical (unpaired) electrons. The van der Waals surface area contributed by atoms with E-state index in [4.69, 9.17) is 4.74 Å². The topological polar surface area (TPSA) is 74.0 Å². The summed E-state index contributed by atoms with van der Waals surface area (Å²) in [6.45, 7) is 3.42. The minimum Gasteiger partial charge on any atom is -0.497 e. The zero-order valence-electron chi connectivity index (χ0n) is 16.1. The van der Waals surface area contributed by atoms with E-state index < -0.39 is 23.8 Å². The predicted octanol–water partition coefficient (Wildman–Crippen LogP) is 3.66. The van der Waals surface area contributed by atoms with Gasteiger partial charge in [0.1, 0.15) is 11.8 Å². The first-order chi connectivity index (χ1) is 13.7. The maximum Gasteiger partial charge on any atom is 0.435 e. The quantitative estimate of drug-likeness (QED) is 0.677. The standard InChI is InChI=1S/C19H20F3N5O2/c1-12-7-17(19(20,21)22)25-27(12)13(2)18(28)24-15-9-23-26(11-15)10-14-5-4-6-16(8-14)29-3/h4-9,11,13H,10H2,1-3H3,(H,24,28). The van der Waals surface area contributed by atoms with Gasteiger partial charge in [0.25, 0.3) is 0 Å². The molecule has 2 aromatic heterocycles. The van der Waals surface area contributed by atoms with E-state index in [0.717, 1.165) is 22.1 Å². The SMILES string of the molecule is COc1cccc(Cn2cc(NC(=O)C(C)n3nc(C(F)(F)F)cc3C)cn2)c1. The Morgan fingerprint density at radius 1 is 1.31 bits per heavy atom. The second-order valence-corrected chi connectivity index (χ2v) is 6.56. The molecule has 0 saturated carbocycles. The van der Waals surface area contributed by atoms with Crippen molar-refractivity contribution in [2.45, 2.75) is 32.6 Å².